The summed E-state index contributed by atoms with van der Waals surface area (Å²) in [6.07, 6.45) is -3.28. The summed E-state index contributed by atoms with van der Waals surface area (Å²) in [5, 5.41) is 6.42. The van der Waals surface area contributed by atoms with Gasteiger partial charge in [-0.2, -0.15) is 24.5 Å². The maximum Gasteiger partial charge on any atom is 0.401 e. The number of nitrogens with one attached hydrogen (secondary N) is 1. The molecule has 1 heterocycles. The third-order valence-corrected chi connectivity index (χ3v) is 2.71. The van der Waals surface area contributed by atoms with Crippen LogP contribution in [0.25, 0.3) is 0 Å². The van der Waals surface area contributed by atoms with Gasteiger partial charge in [-0.15, -0.1) is 0 Å². The first kappa shape index (κ1) is 12.5. The highest BCUT2D eigenvalue weighted by atomic mass is 32.1. The highest BCUT2D eigenvalue weighted by Crippen LogP contribution is 2.14. The second-order valence-electron chi connectivity index (χ2n) is 3.69. The van der Waals surface area contributed by atoms with Crippen LogP contribution in [0, 0.1) is 5.92 Å². The Hall–Kier alpha value is -0.550. The fourth-order valence-corrected chi connectivity index (χ4v) is 2.03. The molecule has 0 radical (unpaired) electrons. The van der Waals surface area contributed by atoms with Gasteiger partial charge in [-0.25, -0.2) is 0 Å². The molecule has 1 aromatic rings. The predicted octanol–water partition coefficient (Wildman–Crippen LogP) is 3.08. The zero-order valence-corrected chi connectivity index (χ0v) is 9.29. The van der Waals surface area contributed by atoms with Gasteiger partial charge in [0.25, 0.3) is 0 Å². The summed E-state index contributed by atoms with van der Waals surface area (Å²) in [5.74, 6) is 0.224. The second-order valence-corrected chi connectivity index (χ2v) is 4.47. The van der Waals surface area contributed by atoms with Crippen molar-refractivity contribution in [3.8, 4) is 0 Å². The van der Waals surface area contributed by atoms with E-state index in [1.807, 2.05) is 23.8 Å². The SMILES string of the molecule is CC(CNCC(F)(F)F)Cc1ccsc1. The maximum absolute atomic E-state index is 11.8. The van der Waals surface area contributed by atoms with Gasteiger partial charge >= 0.3 is 6.18 Å². The summed E-state index contributed by atoms with van der Waals surface area (Å²) in [4.78, 5) is 0. The van der Waals surface area contributed by atoms with Gasteiger partial charge in [-0.3, -0.25) is 0 Å². The van der Waals surface area contributed by atoms with E-state index in [4.69, 9.17) is 0 Å². The van der Waals surface area contributed by atoms with Crippen LogP contribution in [0.3, 0.4) is 0 Å². The second kappa shape index (κ2) is 5.51. The molecule has 15 heavy (non-hydrogen) atoms. The molecular weight excluding hydrogens is 223 g/mol. The number of thiophene rings is 1. The van der Waals surface area contributed by atoms with Crippen LogP contribution in [0.1, 0.15) is 12.5 Å². The standard InChI is InChI=1S/C10H14F3NS/c1-8(4-9-2-3-15-6-9)5-14-7-10(11,12)13/h2-3,6,8,14H,4-5,7H2,1H3. The molecule has 1 rings (SSSR count). The summed E-state index contributed by atoms with van der Waals surface area (Å²) in [6, 6.07) is 2.00. The molecule has 0 aliphatic rings. The Kier molecular flexibility index (Phi) is 4.60. The summed E-state index contributed by atoms with van der Waals surface area (Å²) in [7, 11) is 0. The van der Waals surface area contributed by atoms with Gasteiger partial charge in [0.15, 0.2) is 0 Å². The zero-order valence-electron chi connectivity index (χ0n) is 8.47. The lowest BCUT2D eigenvalue weighted by Crippen LogP contribution is -2.32. The van der Waals surface area contributed by atoms with Crippen LogP contribution in [0.4, 0.5) is 13.2 Å². The Morgan fingerprint density at radius 3 is 2.73 bits per heavy atom. The molecule has 0 saturated carbocycles. The molecule has 1 N–H and O–H groups in total. The van der Waals surface area contributed by atoms with Gasteiger partial charge in [-0.1, -0.05) is 6.92 Å². The molecule has 0 aromatic carbocycles. The molecule has 1 aromatic heterocycles. The number of alkyl halides is 3. The van der Waals surface area contributed by atoms with E-state index in [0.717, 1.165) is 6.42 Å². The van der Waals surface area contributed by atoms with E-state index in [-0.39, 0.29) is 5.92 Å². The smallest absolute Gasteiger partial charge is 0.308 e. The molecule has 0 aliphatic carbocycles. The molecule has 0 fully saturated rings. The molecule has 0 amide bonds. The van der Waals surface area contributed by atoms with E-state index in [1.54, 1.807) is 11.3 Å². The maximum atomic E-state index is 11.8. The molecule has 86 valence electrons. The van der Waals surface area contributed by atoms with Gasteiger partial charge in [-0.05, 0) is 41.3 Å². The molecule has 1 atom stereocenters. The Labute approximate surface area is 91.3 Å². The zero-order chi connectivity index (χ0) is 11.3. The van der Waals surface area contributed by atoms with Crippen molar-refractivity contribution in [2.45, 2.75) is 19.5 Å². The third-order valence-electron chi connectivity index (χ3n) is 1.98. The van der Waals surface area contributed by atoms with Gasteiger partial charge in [0.05, 0.1) is 6.54 Å². The quantitative estimate of drug-likeness (QED) is 0.829. The van der Waals surface area contributed by atoms with E-state index in [2.05, 4.69) is 5.32 Å². The Morgan fingerprint density at radius 2 is 2.20 bits per heavy atom. The van der Waals surface area contributed by atoms with Crippen LogP contribution in [-0.2, 0) is 6.42 Å². The number of hydrogen-bond acceptors (Lipinski definition) is 2. The summed E-state index contributed by atoms with van der Waals surface area (Å²) in [5.41, 5.74) is 1.20. The van der Waals surface area contributed by atoms with E-state index >= 15 is 0 Å². The highest BCUT2D eigenvalue weighted by Gasteiger charge is 2.26. The predicted molar refractivity (Wildman–Crippen MR) is 56.1 cm³/mol. The first-order valence-corrected chi connectivity index (χ1v) is 5.70. The van der Waals surface area contributed by atoms with Crippen molar-refractivity contribution in [3.05, 3.63) is 22.4 Å². The van der Waals surface area contributed by atoms with Crippen LogP contribution in [0.15, 0.2) is 16.8 Å². The Morgan fingerprint density at radius 1 is 1.47 bits per heavy atom. The molecule has 1 unspecified atom stereocenters. The lowest BCUT2D eigenvalue weighted by atomic mass is 10.0. The topological polar surface area (TPSA) is 12.0 Å². The van der Waals surface area contributed by atoms with Gasteiger partial charge in [0, 0.05) is 0 Å². The number of rotatable bonds is 5. The molecule has 0 aliphatic heterocycles. The largest absolute Gasteiger partial charge is 0.401 e. The minimum Gasteiger partial charge on any atom is -0.308 e. The van der Waals surface area contributed by atoms with Crippen molar-refractivity contribution in [2.24, 2.45) is 5.92 Å². The van der Waals surface area contributed by atoms with Crippen molar-refractivity contribution in [2.75, 3.05) is 13.1 Å². The first-order valence-electron chi connectivity index (χ1n) is 4.76. The summed E-state index contributed by atoms with van der Waals surface area (Å²) in [6.45, 7) is 1.44. The molecule has 5 heteroatoms. The van der Waals surface area contributed by atoms with Crippen molar-refractivity contribution in [1.29, 1.82) is 0 Å². The minimum absolute atomic E-state index is 0.224. The van der Waals surface area contributed by atoms with E-state index < -0.39 is 12.7 Å². The fourth-order valence-electron chi connectivity index (χ4n) is 1.34. The highest BCUT2D eigenvalue weighted by molar-refractivity contribution is 7.07. The molecule has 0 spiro atoms. The van der Waals surface area contributed by atoms with Crippen LogP contribution < -0.4 is 5.32 Å². The average molecular weight is 237 g/mol. The number of halogens is 3. The molecule has 0 saturated heterocycles. The van der Waals surface area contributed by atoms with Crippen LogP contribution in [-0.4, -0.2) is 19.3 Å². The van der Waals surface area contributed by atoms with E-state index in [9.17, 15) is 13.2 Å². The normalized spacial score (nSPS) is 14.1. The van der Waals surface area contributed by atoms with Crippen LogP contribution >= 0.6 is 11.3 Å². The van der Waals surface area contributed by atoms with E-state index in [1.165, 1.54) is 5.56 Å². The summed E-state index contributed by atoms with van der Waals surface area (Å²) < 4.78 is 35.5. The van der Waals surface area contributed by atoms with Crippen molar-refractivity contribution in [1.82, 2.24) is 5.32 Å². The molecule has 1 nitrogen and oxygen atoms in total. The third kappa shape index (κ3) is 5.79. The lowest BCUT2D eigenvalue weighted by Gasteiger charge is -2.13. The Balaban J connectivity index is 2.17. The van der Waals surface area contributed by atoms with Gasteiger partial charge in [0.2, 0.25) is 0 Å². The monoisotopic (exact) mass is 237 g/mol. The van der Waals surface area contributed by atoms with E-state index in [0.29, 0.717) is 6.54 Å². The lowest BCUT2D eigenvalue weighted by molar-refractivity contribution is -0.125. The van der Waals surface area contributed by atoms with Crippen molar-refractivity contribution in [3.63, 3.8) is 0 Å². The molecular formula is C10H14F3NS. The van der Waals surface area contributed by atoms with Gasteiger partial charge in [0.1, 0.15) is 0 Å². The van der Waals surface area contributed by atoms with Crippen molar-refractivity contribution < 1.29 is 13.2 Å². The first-order chi connectivity index (χ1) is 6.97. The minimum atomic E-state index is -4.11. The van der Waals surface area contributed by atoms with Crippen molar-refractivity contribution >= 4 is 11.3 Å². The van der Waals surface area contributed by atoms with Gasteiger partial charge < -0.3 is 5.32 Å². The fraction of sp³-hybridized carbons (Fsp3) is 0.600. The summed E-state index contributed by atoms with van der Waals surface area (Å²) >= 11 is 1.61. The van der Waals surface area contributed by atoms with Crippen LogP contribution in [0.5, 0.6) is 0 Å². The molecule has 0 bridgehead atoms. The van der Waals surface area contributed by atoms with Crippen LogP contribution in [0.2, 0.25) is 0 Å². The Bertz CT molecular complexity index is 269. The average Bonchev–Trinajstić information content (AvgIpc) is 2.54. The number of hydrogen-bond donors (Lipinski definition) is 1.